The van der Waals surface area contributed by atoms with Gasteiger partial charge < -0.3 is 9.84 Å². The molecule has 0 radical (unpaired) electrons. The van der Waals surface area contributed by atoms with Gasteiger partial charge in [0.05, 0.1) is 5.75 Å². The lowest BCUT2D eigenvalue weighted by Crippen LogP contribution is -2.25. The average Bonchev–Trinajstić information content (AvgIpc) is 2.32. The molecule has 1 N–H and O–H groups in total. The van der Waals surface area contributed by atoms with Crippen molar-refractivity contribution >= 4 is 17.7 Å². The Kier molecular flexibility index (Phi) is 6.08. The van der Waals surface area contributed by atoms with Crippen LogP contribution in [0.3, 0.4) is 0 Å². The monoisotopic (exact) mass is 352 g/mol. The number of phenolic OH excluding ortho intramolecular Hbond substituents is 1. The Labute approximate surface area is 151 Å². The molecule has 1 rings (SSSR count). The lowest BCUT2D eigenvalue weighted by Gasteiger charge is -2.28. The summed E-state index contributed by atoms with van der Waals surface area (Å²) in [6.07, 6.45) is 0. The number of ether oxygens (including phenoxy) is 1. The summed E-state index contributed by atoms with van der Waals surface area (Å²) in [5.74, 6) is 0.390. The Balaban J connectivity index is 3.14. The summed E-state index contributed by atoms with van der Waals surface area (Å²) in [7, 11) is 0. The lowest BCUT2D eigenvalue weighted by molar-refractivity contribution is -0.151. The first-order valence-corrected chi connectivity index (χ1v) is 9.32. The Morgan fingerprint density at radius 2 is 1.38 bits per heavy atom. The summed E-state index contributed by atoms with van der Waals surface area (Å²) in [5, 5.41) is 10.7. The number of hydrogen-bond acceptors (Lipinski definition) is 4. The van der Waals surface area contributed by atoms with Crippen LogP contribution in [0.25, 0.3) is 0 Å². The van der Waals surface area contributed by atoms with Crippen molar-refractivity contribution in [2.45, 2.75) is 83.6 Å². The lowest BCUT2D eigenvalue weighted by atomic mass is 9.79. The zero-order valence-electron chi connectivity index (χ0n) is 16.5. The van der Waals surface area contributed by atoms with E-state index < -0.39 is 5.60 Å². The van der Waals surface area contributed by atoms with E-state index in [0.717, 1.165) is 16.0 Å². The molecule has 0 bridgehead atoms. The minimum atomic E-state index is -0.472. The molecule has 0 fully saturated rings. The normalized spacial score (nSPS) is 13.0. The summed E-state index contributed by atoms with van der Waals surface area (Å²) in [5.41, 5.74) is 0.988. The van der Waals surface area contributed by atoms with Gasteiger partial charge in [-0.1, -0.05) is 41.5 Å². The number of phenols is 1. The SMILES string of the molecule is CC(C)(C)OC(=O)CSc1cc(C(C)(C)C)c(O)c(C(C)(C)C)c1. The Morgan fingerprint density at radius 1 is 0.958 bits per heavy atom. The van der Waals surface area contributed by atoms with E-state index in [1.807, 2.05) is 32.9 Å². The fraction of sp³-hybridized carbons (Fsp3) is 0.650. The Bertz CT molecular complexity index is 564. The van der Waals surface area contributed by atoms with Crippen molar-refractivity contribution in [3.63, 3.8) is 0 Å². The summed E-state index contributed by atoms with van der Waals surface area (Å²) in [4.78, 5) is 13.0. The van der Waals surface area contributed by atoms with Crippen LogP contribution in [0, 0.1) is 0 Å². The van der Waals surface area contributed by atoms with E-state index in [-0.39, 0.29) is 22.6 Å². The maximum atomic E-state index is 12.0. The smallest absolute Gasteiger partial charge is 0.316 e. The molecule has 0 spiro atoms. The molecule has 0 atom stereocenters. The third-order valence-corrected chi connectivity index (χ3v) is 4.43. The van der Waals surface area contributed by atoms with Gasteiger partial charge in [0, 0.05) is 16.0 Å². The summed E-state index contributed by atoms with van der Waals surface area (Å²) in [6, 6.07) is 3.97. The predicted octanol–water partition coefficient (Wildman–Crippen LogP) is 5.42. The van der Waals surface area contributed by atoms with Gasteiger partial charge in [-0.3, -0.25) is 4.79 Å². The highest BCUT2D eigenvalue weighted by atomic mass is 32.2. The molecule has 0 heterocycles. The van der Waals surface area contributed by atoms with Gasteiger partial charge in [0.25, 0.3) is 0 Å². The quantitative estimate of drug-likeness (QED) is 0.583. The van der Waals surface area contributed by atoms with Crippen LogP contribution in [0.5, 0.6) is 5.75 Å². The standard InChI is InChI=1S/C20H32O3S/c1-18(2,3)14-10-13(11-15(17(14)22)19(4,5)6)24-12-16(21)23-20(7,8)9/h10-11,22H,12H2,1-9H3. The molecule has 3 nitrogen and oxygen atoms in total. The molecule has 24 heavy (non-hydrogen) atoms. The van der Waals surface area contributed by atoms with Crippen molar-refractivity contribution in [2.75, 3.05) is 5.75 Å². The van der Waals surface area contributed by atoms with Gasteiger partial charge in [0.2, 0.25) is 0 Å². The zero-order valence-corrected chi connectivity index (χ0v) is 17.4. The number of carbonyl (C=O) groups is 1. The number of carbonyl (C=O) groups excluding carboxylic acids is 1. The topological polar surface area (TPSA) is 46.5 Å². The highest BCUT2D eigenvalue weighted by Crippen LogP contribution is 2.41. The highest BCUT2D eigenvalue weighted by molar-refractivity contribution is 8.00. The number of esters is 1. The molecule has 0 aliphatic heterocycles. The summed E-state index contributed by atoms with van der Waals surface area (Å²) >= 11 is 1.45. The molecule has 0 unspecified atom stereocenters. The summed E-state index contributed by atoms with van der Waals surface area (Å²) in [6.45, 7) is 18.1. The highest BCUT2D eigenvalue weighted by Gasteiger charge is 2.27. The number of rotatable bonds is 3. The number of thioether (sulfide) groups is 1. The van der Waals surface area contributed by atoms with Crippen molar-refractivity contribution < 1.29 is 14.6 Å². The van der Waals surface area contributed by atoms with Crippen LogP contribution < -0.4 is 0 Å². The maximum absolute atomic E-state index is 12.0. The first kappa shape index (κ1) is 20.9. The second-order valence-corrected chi connectivity index (χ2v) is 10.3. The van der Waals surface area contributed by atoms with Gasteiger partial charge in [-0.15, -0.1) is 11.8 Å². The van der Waals surface area contributed by atoms with Crippen LogP contribution in [0.1, 0.15) is 73.4 Å². The molecule has 0 aliphatic carbocycles. The van der Waals surface area contributed by atoms with Gasteiger partial charge in [-0.25, -0.2) is 0 Å². The first-order chi connectivity index (χ1) is 10.6. The van der Waals surface area contributed by atoms with E-state index >= 15 is 0 Å². The zero-order chi connectivity index (χ0) is 18.9. The van der Waals surface area contributed by atoms with Crippen molar-refractivity contribution in [3.8, 4) is 5.75 Å². The van der Waals surface area contributed by atoms with Crippen LogP contribution in [-0.4, -0.2) is 22.4 Å². The van der Waals surface area contributed by atoms with E-state index in [1.54, 1.807) is 0 Å². The molecule has 136 valence electrons. The van der Waals surface area contributed by atoms with Crippen molar-refractivity contribution in [1.82, 2.24) is 0 Å². The van der Waals surface area contributed by atoms with Gasteiger partial charge in [0.15, 0.2) is 0 Å². The van der Waals surface area contributed by atoms with Crippen molar-refractivity contribution in [3.05, 3.63) is 23.3 Å². The minimum Gasteiger partial charge on any atom is -0.507 e. The van der Waals surface area contributed by atoms with Gasteiger partial charge in [-0.2, -0.15) is 0 Å². The van der Waals surface area contributed by atoms with Gasteiger partial charge >= 0.3 is 5.97 Å². The molecule has 0 saturated heterocycles. The number of hydrogen-bond donors (Lipinski definition) is 1. The fourth-order valence-electron chi connectivity index (χ4n) is 2.35. The number of benzene rings is 1. The van der Waals surface area contributed by atoms with Crippen LogP contribution in [0.4, 0.5) is 0 Å². The van der Waals surface area contributed by atoms with Gasteiger partial charge in [-0.05, 0) is 43.7 Å². The first-order valence-electron chi connectivity index (χ1n) is 8.34. The third-order valence-electron chi connectivity index (χ3n) is 3.48. The molecular formula is C20H32O3S. The Hall–Kier alpha value is -1.16. The minimum absolute atomic E-state index is 0.174. The van der Waals surface area contributed by atoms with E-state index in [0.29, 0.717) is 5.75 Å². The molecule has 1 aromatic carbocycles. The summed E-state index contributed by atoms with van der Waals surface area (Å²) < 4.78 is 5.37. The van der Waals surface area contributed by atoms with E-state index in [9.17, 15) is 9.90 Å². The third kappa shape index (κ3) is 6.04. The van der Waals surface area contributed by atoms with Crippen molar-refractivity contribution in [2.24, 2.45) is 0 Å². The van der Waals surface area contributed by atoms with Crippen LogP contribution >= 0.6 is 11.8 Å². The molecule has 1 aromatic rings. The van der Waals surface area contributed by atoms with E-state index in [4.69, 9.17) is 4.74 Å². The average molecular weight is 353 g/mol. The van der Waals surface area contributed by atoms with Gasteiger partial charge in [0.1, 0.15) is 11.4 Å². The van der Waals surface area contributed by atoms with E-state index in [1.165, 1.54) is 11.8 Å². The van der Waals surface area contributed by atoms with Crippen LogP contribution in [-0.2, 0) is 20.4 Å². The second-order valence-electron chi connectivity index (χ2n) is 9.24. The fourth-order valence-corrected chi connectivity index (χ4v) is 3.09. The van der Waals surface area contributed by atoms with E-state index in [2.05, 4.69) is 41.5 Å². The maximum Gasteiger partial charge on any atom is 0.316 e. The molecular weight excluding hydrogens is 320 g/mol. The molecule has 4 heteroatoms. The largest absolute Gasteiger partial charge is 0.507 e. The van der Waals surface area contributed by atoms with Crippen LogP contribution in [0.2, 0.25) is 0 Å². The predicted molar refractivity (Wildman–Crippen MR) is 102 cm³/mol. The molecule has 0 amide bonds. The van der Waals surface area contributed by atoms with Crippen LogP contribution in [0.15, 0.2) is 17.0 Å². The Morgan fingerprint density at radius 3 is 1.71 bits per heavy atom. The molecule has 0 saturated carbocycles. The molecule has 0 aliphatic rings. The molecule has 0 aromatic heterocycles. The second kappa shape index (κ2) is 6.99. The van der Waals surface area contributed by atoms with Crippen molar-refractivity contribution in [1.29, 1.82) is 0 Å². The number of aromatic hydroxyl groups is 1.